The summed E-state index contributed by atoms with van der Waals surface area (Å²) in [4.78, 5) is 0. The highest BCUT2D eigenvalue weighted by molar-refractivity contribution is 6.33. The number of aryl methyl sites for hydroxylation is 2. The number of hydrogen-bond donors (Lipinski definition) is 2. The normalized spacial score (nSPS) is 11.2. The first kappa shape index (κ1) is 13.1. The molecule has 0 radical (unpaired) electrons. The number of nitriles is 1. The molecule has 7 heteroatoms. The van der Waals surface area contributed by atoms with E-state index < -0.39 is 0 Å². The number of nitrogens with zero attached hydrogens (tertiary/aromatic N) is 4. The average molecular weight is 275 g/mol. The molecule has 0 saturated carbocycles. The molecule has 2 N–H and O–H groups in total. The van der Waals surface area contributed by atoms with Crippen LogP contribution in [-0.2, 0) is 0 Å². The number of aromatic amines is 1. The molecule has 0 unspecified atom stereocenters. The fourth-order valence-corrected chi connectivity index (χ4v) is 2.04. The van der Waals surface area contributed by atoms with Gasteiger partial charge in [-0.1, -0.05) is 17.7 Å². The number of aromatic nitrogens is 4. The van der Waals surface area contributed by atoms with E-state index in [1.54, 1.807) is 0 Å². The lowest BCUT2D eigenvalue weighted by Gasteiger charge is -2.09. The summed E-state index contributed by atoms with van der Waals surface area (Å²) in [6.45, 7) is 3.91. The maximum Gasteiger partial charge on any atom is 0.216 e. The standard InChI is InChI=1S/C12H11ClN6/c1-7-3-8(2)11(10(13)4-7)15-6-9(5-14)12-16-18-19-17-12/h3-4,6,15H,1-2H3,(H,16,17,18,19). The van der Waals surface area contributed by atoms with Gasteiger partial charge < -0.3 is 5.32 Å². The van der Waals surface area contributed by atoms with Gasteiger partial charge in [0.2, 0.25) is 5.82 Å². The van der Waals surface area contributed by atoms with Crippen LogP contribution in [0.15, 0.2) is 18.3 Å². The Bertz CT molecular complexity index is 630. The summed E-state index contributed by atoms with van der Waals surface area (Å²) in [7, 11) is 0. The second-order valence-electron chi connectivity index (χ2n) is 3.99. The smallest absolute Gasteiger partial charge is 0.216 e. The van der Waals surface area contributed by atoms with E-state index in [1.165, 1.54) is 6.20 Å². The summed E-state index contributed by atoms with van der Waals surface area (Å²) in [5.74, 6) is 0.232. The molecule has 1 aromatic carbocycles. The van der Waals surface area contributed by atoms with Gasteiger partial charge in [-0.15, -0.1) is 10.2 Å². The molecule has 2 rings (SSSR count). The average Bonchev–Trinajstić information content (AvgIpc) is 2.86. The third kappa shape index (κ3) is 2.89. The minimum absolute atomic E-state index is 0.232. The second-order valence-corrected chi connectivity index (χ2v) is 4.40. The highest BCUT2D eigenvalue weighted by Crippen LogP contribution is 2.27. The Labute approximate surface area is 115 Å². The number of tetrazole rings is 1. The highest BCUT2D eigenvalue weighted by atomic mass is 35.5. The van der Waals surface area contributed by atoms with Crippen molar-refractivity contribution in [3.63, 3.8) is 0 Å². The van der Waals surface area contributed by atoms with E-state index in [-0.39, 0.29) is 11.4 Å². The highest BCUT2D eigenvalue weighted by Gasteiger charge is 2.08. The molecule has 1 aromatic heterocycles. The molecule has 6 nitrogen and oxygen atoms in total. The Morgan fingerprint density at radius 3 is 2.84 bits per heavy atom. The van der Waals surface area contributed by atoms with Crippen molar-refractivity contribution in [1.82, 2.24) is 20.6 Å². The van der Waals surface area contributed by atoms with Gasteiger partial charge in [0.25, 0.3) is 0 Å². The Morgan fingerprint density at radius 2 is 2.26 bits per heavy atom. The third-order valence-corrected chi connectivity index (χ3v) is 2.80. The van der Waals surface area contributed by atoms with E-state index in [1.807, 2.05) is 32.0 Å². The monoisotopic (exact) mass is 274 g/mol. The van der Waals surface area contributed by atoms with Gasteiger partial charge in [0, 0.05) is 6.20 Å². The summed E-state index contributed by atoms with van der Waals surface area (Å²) in [5.41, 5.74) is 3.09. The minimum atomic E-state index is 0.232. The van der Waals surface area contributed by atoms with Crippen LogP contribution in [0.3, 0.4) is 0 Å². The van der Waals surface area contributed by atoms with Gasteiger partial charge in [0.05, 0.1) is 10.7 Å². The number of benzene rings is 1. The Morgan fingerprint density at radius 1 is 1.47 bits per heavy atom. The molecule has 0 aliphatic heterocycles. The van der Waals surface area contributed by atoms with E-state index >= 15 is 0 Å². The van der Waals surface area contributed by atoms with Crippen molar-refractivity contribution >= 4 is 22.9 Å². The van der Waals surface area contributed by atoms with E-state index in [9.17, 15) is 0 Å². The van der Waals surface area contributed by atoms with Crippen molar-refractivity contribution in [2.75, 3.05) is 5.32 Å². The summed E-state index contributed by atoms with van der Waals surface area (Å²) in [5, 5.41) is 25.9. The Hall–Kier alpha value is -2.39. The number of hydrogen-bond acceptors (Lipinski definition) is 5. The predicted molar refractivity (Wildman–Crippen MR) is 72.3 cm³/mol. The fraction of sp³-hybridized carbons (Fsp3) is 0.167. The number of allylic oxidation sites excluding steroid dienone is 1. The van der Waals surface area contributed by atoms with Crippen molar-refractivity contribution in [3.05, 3.63) is 40.3 Å². The van der Waals surface area contributed by atoms with Gasteiger partial charge in [-0.05, 0) is 36.3 Å². The van der Waals surface area contributed by atoms with Crippen LogP contribution >= 0.6 is 11.6 Å². The van der Waals surface area contributed by atoms with Crippen LogP contribution in [0, 0.1) is 25.2 Å². The summed E-state index contributed by atoms with van der Waals surface area (Å²) in [6, 6.07) is 5.85. The molecule has 0 aliphatic rings. The zero-order valence-electron chi connectivity index (χ0n) is 10.4. The number of nitrogens with one attached hydrogen (secondary N) is 2. The summed E-state index contributed by atoms with van der Waals surface area (Å²) in [6.07, 6.45) is 1.51. The van der Waals surface area contributed by atoms with Gasteiger partial charge in [-0.2, -0.15) is 10.5 Å². The minimum Gasteiger partial charge on any atom is -0.359 e. The van der Waals surface area contributed by atoms with Crippen LogP contribution in [0.1, 0.15) is 17.0 Å². The molecule has 2 aromatic rings. The van der Waals surface area contributed by atoms with E-state index in [0.29, 0.717) is 5.02 Å². The molecule has 19 heavy (non-hydrogen) atoms. The van der Waals surface area contributed by atoms with Gasteiger partial charge in [-0.25, -0.2) is 0 Å². The van der Waals surface area contributed by atoms with Crippen LogP contribution < -0.4 is 5.32 Å². The number of H-pyrrole nitrogens is 1. The largest absolute Gasteiger partial charge is 0.359 e. The van der Waals surface area contributed by atoms with Crippen molar-refractivity contribution < 1.29 is 0 Å². The zero-order chi connectivity index (χ0) is 13.8. The summed E-state index contributed by atoms with van der Waals surface area (Å²) < 4.78 is 0. The second kappa shape index (κ2) is 5.50. The molecule has 0 bridgehead atoms. The number of rotatable bonds is 3. The van der Waals surface area contributed by atoms with Crippen LogP contribution in [0.2, 0.25) is 5.02 Å². The maximum absolute atomic E-state index is 9.05. The lowest BCUT2D eigenvalue weighted by Crippen LogP contribution is -1.96. The van der Waals surface area contributed by atoms with Crippen LogP contribution in [-0.4, -0.2) is 20.6 Å². The Kier molecular flexibility index (Phi) is 3.78. The first-order valence-electron chi connectivity index (χ1n) is 5.49. The van der Waals surface area contributed by atoms with Gasteiger partial charge in [0.1, 0.15) is 11.6 Å². The SMILES string of the molecule is Cc1cc(C)c(NC=C(C#N)c2nn[nH]n2)c(Cl)c1. The van der Waals surface area contributed by atoms with Crippen molar-refractivity contribution in [2.45, 2.75) is 13.8 Å². The molecular formula is C12H11ClN6. The van der Waals surface area contributed by atoms with Gasteiger partial charge in [0.15, 0.2) is 0 Å². The maximum atomic E-state index is 9.05. The van der Waals surface area contributed by atoms with Crippen molar-refractivity contribution in [1.29, 1.82) is 5.26 Å². The van der Waals surface area contributed by atoms with Crippen LogP contribution in [0.5, 0.6) is 0 Å². The van der Waals surface area contributed by atoms with E-state index in [0.717, 1.165) is 16.8 Å². The molecular weight excluding hydrogens is 264 g/mol. The van der Waals surface area contributed by atoms with Crippen LogP contribution in [0.25, 0.3) is 5.57 Å². The molecule has 0 saturated heterocycles. The molecule has 1 heterocycles. The van der Waals surface area contributed by atoms with Crippen molar-refractivity contribution in [2.24, 2.45) is 0 Å². The van der Waals surface area contributed by atoms with Crippen LogP contribution in [0.4, 0.5) is 5.69 Å². The molecule has 96 valence electrons. The predicted octanol–water partition coefficient (Wildman–Crippen LogP) is 2.45. The molecule has 0 atom stereocenters. The quantitative estimate of drug-likeness (QED) is 0.839. The number of anilines is 1. The first-order valence-corrected chi connectivity index (χ1v) is 5.87. The first-order chi connectivity index (χ1) is 9.11. The van der Waals surface area contributed by atoms with Gasteiger partial charge in [-0.3, -0.25) is 0 Å². The van der Waals surface area contributed by atoms with E-state index in [4.69, 9.17) is 16.9 Å². The lowest BCUT2D eigenvalue weighted by molar-refractivity contribution is 0.881. The third-order valence-electron chi connectivity index (χ3n) is 2.50. The van der Waals surface area contributed by atoms with Gasteiger partial charge >= 0.3 is 0 Å². The molecule has 0 amide bonds. The number of halogens is 1. The summed E-state index contributed by atoms with van der Waals surface area (Å²) >= 11 is 6.16. The zero-order valence-corrected chi connectivity index (χ0v) is 11.2. The molecule has 0 aliphatic carbocycles. The van der Waals surface area contributed by atoms with E-state index in [2.05, 4.69) is 25.9 Å². The molecule has 0 spiro atoms. The fourth-order valence-electron chi connectivity index (χ4n) is 1.67. The Balaban J connectivity index is 2.30. The molecule has 0 fully saturated rings. The topological polar surface area (TPSA) is 90.3 Å². The lowest BCUT2D eigenvalue weighted by atomic mass is 10.1. The van der Waals surface area contributed by atoms with Crippen molar-refractivity contribution in [3.8, 4) is 6.07 Å².